The Hall–Kier alpha value is -3.60. The molecule has 204 valence electrons. The SMILES string of the molecule is CCC1CC(O)N(CC)Cc2c(Oc3ccc(NS(=O)(=O)c4cccc5cc(C)cnc45)cc3F)ccnc21. The second kappa shape index (κ2) is 10.9. The topological polar surface area (TPSA) is 105 Å². The van der Waals surface area contributed by atoms with Crippen molar-refractivity contribution >= 4 is 26.6 Å². The van der Waals surface area contributed by atoms with Crippen molar-refractivity contribution in [1.29, 1.82) is 0 Å². The number of aryl methyl sites for hydroxylation is 1. The number of ether oxygens (including phenoxy) is 1. The van der Waals surface area contributed by atoms with Crippen molar-refractivity contribution in [1.82, 2.24) is 14.9 Å². The first-order chi connectivity index (χ1) is 18.7. The van der Waals surface area contributed by atoms with Gasteiger partial charge < -0.3 is 9.84 Å². The maximum atomic E-state index is 15.2. The number of pyridine rings is 2. The average molecular weight is 551 g/mol. The van der Waals surface area contributed by atoms with E-state index in [1.165, 1.54) is 18.2 Å². The average Bonchev–Trinajstić information content (AvgIpc) is 3.05. The van der Waals surface area contributed by atoms with Crippen molar-refractivity contribution in [2.45, 2.75) is 57.2 Å². The normalized spacial score (nSPS) is 18.0. The van der Waals surface area contributed by atoms with Gasteiger partial charge in [-0.1, -0.05) is 26.0 Å². The van der Waals surface area contributed by atoms with Crippen LogP contribution in [-0.4, -0.2) is 41.2 Å². The first-order valence-corrected chi connectivity index (χ1v) is 14.4. The first-order valence-electron chi connectivity index (χ1n) is 13.0. The lowest BCUT2D eigenvalue weighted by Crippen LogP contribution is -2.33. The third-order valence-electron chi connectivity index (χ3n) is 7.11. The fourth-order valence-electron chi connectivity index (χ4n) is 5.04. The highest BCUT2D eigenvalue weighted by Crippen LogP contribution is 2.38. The number of nitrogens with zero attached hydrogens (tertiary/aromatic N) is 3. The number of hydrogen-bond donors (Lipinski definition) is 2. The Balaban J connectivity index is 1.42. The zero-order valence-corrected chi connectivity index (χ0v) is 22.9. The van der Waals surface area contributed by atoms with E-state index in [1.807, 2.05) is 31.7 Å². The lowest BCUT2D eigenvalue weighted by atomic mass is 9.94. The summed E-state index contributed by atoms with van der Waals surface area (Å²) in [5, 5.41) is 11.4. The molecule has 2 aromatic carbocycles. The highest BCUT2D eigenvalue weighted by molar-refractivity contribution is 7.93. The lowest BCUT2D eigenvalue weighted by Gasteiger charge is -2.25. The Bertz CT molecular complexity index is 1630. The van der Waals surface area contributed by atoms with E-state index in [2.05, 4.69) is 14.7 Å². The standard InChI is InChI=1S/C29H31FN4O4S/c1-4-19-14-27(35)34(5-2)17-22-24(11-12-31-28(19)22)38-25-10-9-21(15-23(25)30)33-39(36,37)26-8-6-7-20-13-18(3)16-32-29(20)26/h6-13,15-16,19,27,33,35H,4-5,14,17H2,1-3H3. The second-order valence-corrected chi connectivity index (χ2v) is 11.4. The van der Waals surface area contributed by atoms with Crippen LogP contribution in [-0.2, 0) is 16.6 Å². The summed E-state index contributed by atoms with van der Waals surface area (Å²) in [6.07, 6.45) is 3.99. The van der Waals surface area contributed by atoms with Crippen molar-refractivity contribution in [3.63, 3.8) is 0 Å². The van der Waals surface area contributed by atoms with Crippen molar-refractivity contribution in [2.24, 2.45) is 0 Å². The van der Waals surface area contributed by atoms with Gasteiger partial charge >= 0.3 is 0 Å². The zero-order chi connectivity index (χ0) is 27.7. The Labute approximate surface area is 227 Å². The number of aromatic nitrogens is 2. The van der Waals surface area contributed by atoms with Crippen molar-refractivity contribution < 1.29 is 22.7 Å². The molecule has 0 aliphatic carbocycles. The summed E-state index contributed by atoms with van der Waals surface area (Å²) in [4.78, 5) is 10.8. The largest absolute Gasteiger partial charge is 0.454 e. The zero-order valence-electron chi connectivity index (χ0n) is 22.1. The molecular formula is C29H31FN4O4S. The van der Waals surface area contributed by atoms with Gasteiger partial charge in [0.15, 0.2) is 11.6 Å². The van der Waals surface area contributed by atoms with E-state index in [4.69, 9.17) is 4.74 Å². The minimum absolute atomic E-state index is 0.00774. The predicted octanol–water partition coefficient (Wildman–Crippen LogP) is 5.71. The second-order valence-electron chi connectivity index (χ2n) is 9.75. The molecule has 1 aliphatic heterocycles. The molecule has 39 heavy (non-hydrogen) atoms. The smallest absolute Gasteiger partial charge is 0.264 e. The molecule has 0 spiro atoms. The summed E-state index contributed by atoms with van der Waals surface area (Å²) in [6.45, 7) is 6.96. The first kappa shape index (κ1) is 27.0. The molecule has 2 atom stereocenters. The van der Waals surface area contributed by atoms with E-state index in [9.17, 15) is 13.5 Å². The third kappa shape index (κ3) is 5.45. The Morgan fingerprint density at radius 2 is 1.95 bits per heavy atom. The van der Waals surface area contributed by atoms with Crippen molar-refractivity contribution in [3.05, 3.63) is 83.6 Å². The molecule has 5 rings (SSSR count). The minimum atomic E-state index is -4.04. The maximum Gasteiger partial charge on any atom is 0.264 e. The molecule has 2 aromatic heterocycles. The van der Waals surface area contributed by atoms with Gasteiger partial charge in [0.25, 0.3) is 10.0 Å². The lowest BCUT2D eigenvalue weighted by molar-refractivity contribution is -0.00539. The van der Waals surface area contributed by atoms with Gasteiger partial charge in [-0.15, -0.1) is 0 Å². The molecule has 1 aliphatic rings. The molecule has 2 unspecified atom stereocenters. The number of hydrogen-bond acceptors (Lipinski definition) is 7. The summed E-state index contributed by atoms with van der Waals surface area (Å²) < 4.78 is 50.1. The van der Waals surface area contributed by atoms with E-state index in [0.717, 1.165) is 29.3 Å². The molecule has 2 N–H and O–H groups in total. The van der Waals surface area contributed by atoms with E-state index < -0.39 is 22.1 Å². The van der Waals surface area contributed by atoms with Gasteiger partial charge in [0, 0.05) is 41.9 Å². The molecule has 3 heterocycles. The van der Waals surface area contributed by atoms with Crippen LogP contribution in [0.4, 0.5) is 10.1 Å². The van der Waals surface area contributed by atoms with Crippen LogP contribution in [0.25, 0.3) is 10.9 Å². The van der Waals surface area contributed by atoms with Crippen LogP contribution in [0, 0.1) is 12.7 Å². The van der Waals surface area contributed by atoms with Crippen LogP contribution in [0.3, 0.4) is 0 Å². The van der Waals surface area contributed by atoms with E-state index in [1.54, 1.807) is 30.6 Å². The number of halogens is 1. The summed E-state index contributed by atoms with van der Waals surface area (Å²) in [5.41, 5.74) is 2.96. The number of nitrogens with one attached hydrogen (secondary N) is 1. The van der Waals surface area contributed by atoms with Crippen LogP contribution in [0.2, 0.25) is 0 Å². The van der Waals surface area contributed by atoms with Crippen LogP contribution >= 0.6 is 0 Å². The van der Waals surface area contributed by atoms with Gasteiger partial charge in [0.1, 0.15) is 16.9 Å². The fraction of sp³-hybridized carbons (Fsp3) is 0.310. The number of anilines is 1. The number of aliphatic hydroxyl groups is 1. The van der Waals surface area contributed by atoms with Gasteiger partial charge in [-0.25, -0.2) is 12.8 Å². The third-order valence-corrected chi connectivity index (χ3v) is 8.53. The number of aliphatic hydroxyl groups excluding tert-OH is 1. The van der Waals surface area contributed by atoms with Crippen LogP contribution in [0.5, 0.6) is 11.5 Å². The summed E-state index contributed by atoms with van der Waals surface area (Å²) >= 11 is 0. The molecule has 4 aromatic rings. The molecule has 0 saturated heterocycles. The number of para-hydroxylation sites is 1. The molecule has 0 saturated carbocycles. The van der Waals surface area contributed by atoms with Gasteiger partial charge in [0.05, 0.1) is 16.9 Å². The van der Waals surface area contributed by atoms with Crippen LogP contribution in [0.1, 0.15) is 49.4 Å². The molecule has 0 fully saturated rings. The van der Waals surface area contributed by atoms with E-state index in [-0.39, 0.29) is 22.3 Å². The van der Waals surface area contributed by atoms with Gasteiger partial charge in [-0.05, 0) is 62.2 Å². The van der Waals surface area contributed by atoms with Gasteiger partial charge in [-0.3, -0.25) is 19.6 Å². The fourth-order valence-corrected chi connectivity index (χ4v) is 6.27. The molecule has 10 heteroatoms. The Morgan fingerprint density at radius 1 is 1.13 bits per heavy atom. The van der Waals surface area contributed by atoms with E-state index >= 15 is 4.39 Å². The van der Waals surface area contributed by atoms with Gasteiger partial charge in [-0.2, -0.15) is 0 Å². The monoisotopic (exact) mass is 550 g/mol. The number of sulfonamides is 1. The number of benzene rings is 2. The molecule has 0 amide bonds. The molecule has 8 nitrogen and oxygen atoms in total. The van der Waals surface area contributed by atoms with E-state index in [0.29, 0.717) is 36.2 Å². The predicted molar refractivity (Wildman–Crippen MR) is 148 cm³/mol. The number of fused-ring (bicyclic) bond motifs is 2. The molecule has 0 bridgehead atoms. The van der Waals surface area contributed by atoms with Gasteiger partial charge in [0.2, 0.25) is 0 Å². The number of rotatable bonds is 7. The Morgan fingerprint density at radius 3 is 2.69 bits per heavy atom. The quantitative estimate of drug-likeness (QED) is 0.304. The summed E-state index contributed by atoms with van der Waals surface area (Å²) in [7, 11) is -4.04. The minimum Gasteiger partial charge on any atom is -0.454 e. The van der Waals surface area contributed by atoms with Crippen molar-refractivity contribution in [3.8, 4) is 11.5 Å². The highest BCUT2D eigenvalue weighted by Gasteiger charge is 2.30. The van der Waals surface area contributed by atoms with Crippen LogP contribution in [0.15, 0.2) is 65.8 Å². The van der Waals surface area contributed by atoms with Crippen LogP contribution < -0.4 is 9.46 Å². The summed E-state index contributed by atoms with van der Waals surface area (Å²) in [6, 6.07) is 12.4. The van der Waals surface area contributed by atoms with Crippen molar-refractivity contribution in [2.75, 3.05) is 11.3 Å². The molecule has 0 radical (unpaired) electrons. The Kier molecular flexibility index (Phi) is 7.53. The maximum absolute atomic E-state index is 15.2. The summed E-state index contributed by atoms with van der Waals surface area (Å²) in [5.74, 6) is -0.269. The molecular weight excluding hydrogens is 519 g/mol. The highest BCUT2D eigenvalue weighted by atomic mass is 32.2.